The van der Waals surface area contributed by atoms with Crippen molar-refractivity contribution < 1.29 is 23.1 Å². The Labute approximate surface area is 158 Å². The highest BCUT2D eigenvalue weighted by atomic mass is 79.9. The highest BCUT2D eigenvalue weighted by molar-refractivity contribution is 9.10. The van der Waals surface area contributed by atoms with Gasteiger partial charge in [0.05, 0.1) is 6.04 Å². The third kappa shape index (κ3) is 6.07. The van der Waals surface area contributed by atoms with E-state index in [4.69, 9.17) is 4.74 Å². The molecule has 0 radical (unpaired) electrons. The summed E-state index contributed by atoms with van der Waals surface area (Å²) in [4.78, 5) is 23.4. The van der Waals surface area contributed by atoms with Gasteiger partial charge >= 0.3 is 5.97 Å². The maximum absolute atomic E-state index is 13.7. The van der Waals surface area contributed by atoms with Crippen molar-refractivity contribution in [3.8, 4) is 0 Å². The summed E-state index contributed by atoms with van der Waals surface area (Å²) in [6.45, 7) is 1.04. The van der Waals surface area contributed by atoms with Crippen molar-refractivity contribution in [1.29, 1.82) is 0 Å². The average Bonchev–Trinajstić information content (AvgIpc) is 2.59. The minimum Gasteiger partial charge on any atom is -0.452 e. The smallest absolute Gasteiger partial charge is 0.331 e. The van der Waals surface area contributed by atoms with Crippen LogP contribution in [0.4, 0.5) is 8.78 Å². The normalized spacial score (nSPS) is 12.0. The Hall–Kier alpha value is -2.54. The molecular weight excluding hydrogens is 408 g/mol. The molecule has 2 rings (SSSR count). The molecule has 1 amide bonds. The molecule has 0 aliphatic carbocycles. The largest absolute Gasteiger partial charge is 0.452 e. The van der Waals surface area contributed by atoms with Crippen LogP contribution in [0.5, 0.6) is 0 Å². The van der Waals surface area contributed by atoms with Crippen LogP contribution in [0, 0.1) is 11.6 Å². The topological polar surface area (TPSA) is 55.4 Å². The Morgan fingerprint density at radius 3 is 2.54 bits per heavy atom. The van der Waals surface area contributed by atoms with Gasteiger partial charge in [0.2, 0.25) is 0 Å². The molecule has 0 fully saturated rings. The first-order chi connectivity index (χ1) is 12.3. The summed E-state index contributed by atoms with van der Waals surface area (Å²) in [5, 5.41) is 2.48. The lowest BCUT2D eigenvalue weighted by Crippen LogP contribution is -2.31. The van der Waals surface area contributed by atoms with E-state index in [0.29, 0.717) is 0 Å². The predicted molar refractivity (Wildman–Crippen MR) is 97.1 cm³/mol. The van der Waals surface area contributed by atoms with Crippen molar-refractivity contribution in [3.05, 3.63) is 75.8 Å². The number of nitrogens with one attached hydrogen (secondary N) is 1. The van der Waals surface area contributed by atoms with E-state index in [1.54, 1.807) is 25.1 Å². The Balaban J connectivity index is 1.82. The van der Waals surface area contributed by atoms with Crippen LogP contribution in [0.2, 0.25) is 0 Å². The van der Waals surface area contributed by atoms with Crippen molar-refractivity contribution in [2.24, 2.45) is 0 Å². The van der Waals surface area contributed by atoms with Gasteiger partial charge in [-0.05, 0) is 36.8 Å². The fraction of sp³-hybridized carbons (Fsp3) is 0.158. The summed E-state index contributed by atoms with van der Waals surface area (Å²) >= 11 is 3.31. The molecular formula is C19H16BrF2NO3. The van der Waals surface area contributed by atoms with Gasteiger partial charge in [-0.25, -0.2) is 13.6 Å². The first kappa shape index (κ1) is 19.8. The molecule has 1 N–H and O–H groups in total. The Bertz CT molecular complexity index is 822. The lowest BCUT2D eigenvalue weighted by atomic mass is 10.1. The second-order valence-corrected chi connectivity index (χ2v) is 6.36. The lowest BCUT2D eigenvalue weighted by Gasteiger charge is -2.15. The third-order valence-electron chi connectivity index (χ3n) is 3.43. The van der Waals surface area contributed by atoms with Crippen LogP contribution >= 0.6 is 15.9 Å². The summed E-state index contributed by atoms with van der Waals surface area (Å²) < 4.78 is 32.3. The number of halogens is 3. The zero-order valence-electron chi connectivity index (χ0n) is 13.8. The molecule has 0 aliphatic rings. The Kier molecular flexibility index (Phi) is 7.03. The number of carbonyl (C=O) groups excluding carboxylic acids is 2. The van der Waals surface area contributed by atoms with Gasteiger partial charge in [0.1, 0.15) is 11.6 Å². The van der Waals surface area contributed by atoms with Gasteiger partial charge in [-0.3, -0.25) is 4.79 Å². The van der Waals surface area contributed by atoms with Crippen LogP contribution in [0.1, 0.15) is 24.1 Å². The molecule has 0 heterocycles. The number of amides is 1. The van der Waals surface area contributed by atoms with E-state index in [-0.39, 0.29) is 5.56 Å². The molecule has 7 heteroatoms. The second kappa shape index (κ2) is 9.24. The molecule has 2 aromatic carbocycles. The summed E-state index contributed by atoms with van der Waals surface area (Å²) in [6.07, 6.45) is 2.77. The number of benzene rings is 2. The first-order valence-corrected chi connectivity index (χ1v) is 8.49. The molecule has 0 aromatic heterocycles. The molecule has 0 spiro atoms. The minimum atomic E-state index is -0.757. The van der Waals surface area contributed by atoms with E-state index in [1.807, 2.05) is 12.1 Å². The molecule has 1 unspecified atom stereocenters. The lowest BCUT2D eigenvalue weighted by molar-refractivity contribution is -0.144. The van der Waals surface area contributed by atoms with Crippen LogP contribution in [0.25, 0.3) is 6.08 Å². The van der Waals surface area contributed by atoms with Crippen LogP contribution < -0.4 is 5.32 Å². The van der Waals surface area contributed by atoms with E-state index in [9.17, 15) is 18.4 Å². The second-order valence-electron chi connectivity index (χ2n) is 5.45. The average molecular weight is 424 g/mol. The standard InChI is InChI=1S/C19H16BrF2NO3/c1-12(16-8-7-15(21)10-17(16)22)23-18(24)11-26-19(25)9-4-13-2-5-14(20)6-3-13/h2-10,12H,11H2,1H3,(H,23,24)/b9-4+. The van der Waals surface area contributed by atoms with E-state index >= 15 is 0 Å². The van der Waals surface area contributed by atoms with Gasteiger partial charge in [-0.1, -0.05) is 34.1 Å². The molecule has 0 aliphatic heterocycles. The number of ether oxygens (including phenoxy) is 1. The van der Waals surface area contributed by atoms with Gasteiger partial charge in [-0.15, -0.1) is 0 Å². The van der Waals surface area contributed by atoms with Crippen LogP contribution in [0.3, 0.4) is 0 Å². The van der Waals surface area contributed by atoms with Gasteiger partial charge in [0.15, 0.2) is 6.61 Å². The van der Waals surface area contributed by atoms with Gasteiger partial charge < -0.3 is 10.1 Å². The quantitative estimate of drug-likeness (QED) is 0.560. The molecule has 136 valence electrons. The van der Waals surface area contributed by atoms with Crippen LogP contribution in [-0.4, -0.2) is 18.5 Å². The molecule has 26 heavy (non-hydrogen) atoms. The Morgan fingerprint density at radius 2 is 1.88 bits per heavy atom. The highest BCUT2D eigenvalue weighted by Crippen LogP contribution is 2.17. The van der Waals surface area contributed by atoms with E-state index in [2.05, 4.69) is 21.2 Å². The molecule has 1 atom stereocenters. The Morgan fingerprint density at radius 1 is 1.19 bits per heavy atom. The number of rotatable bonds is 6. The van der Waals surface area contributed by atoms with Crippen LogP contribution in [-0.2, 0) is 14.3 Å². The number of hydrogen-bond donors (Lipinski definition) is 1. The predicted octanol–water partition coefficient (Wildman–Crippen LogP) is 4.16. The summed E-state index contributed by atoms with van der Waals surface area (Å²) in [7, 11) is 0. The number of carbonyl (C=O) groups is 2. The third-order valence-corrected chi connectivity index (χ3v) is 3.96. The van der Waals surface area contributed by atoms with Gasteiger partial charge in [0, 0.05) is 22.2 Å². The maximum Gasteiger partial charge on any atom is 0.331 e. The summed E-state index contributed by atoms with van der Waals surface area (Å²) in [6, 6.07) is 9.67. The monoisotopic (exact) mass is 423 g/mol. The van der Waals surface area contributed by atoms with Crippen LogP contribution in [0.15, 0.2) is 53.0 Å². The van der Waals surface area contributed by atoms with E-state index in [1.165, 1.54) is 12.1 Å². The number of hydrogen-bond acceptors (Lipinski definition) is 3. The zero-order valence-corrected chi connectivity index (χ0v) is 15.4. The highest BCUT2D eigenvalue weighted by Gasteiger charge is 2.15. The maximum atomic E-state index is 13.7. The minimum absolute atomic E-state index is 0.140. The van der Waals surface area contributed by atoms with Crippen molar-refractivity contribution in [2.75, 3.05) is 6.61 Å². The SMILES string of the molecule is CC(NC(=O)COC(=O)/C=C/c1ccc(Br)cc1)c1ccc(F)cc1F. The fourth-order valence-electron chi connectivity index (χ4n) is 2.14. The molecule has 2 aromatic rings. The van der Waals surface area contributed by atoms with Gasteiger partial charge in [0.25, 0.3) is 5.91 Å². The van der Waals surface area contributed by atoms with Gasteiger partial charge in [-0.2, -0.15) is 0 Å². The van der Waals surface area contributed by atoms with Crippen molar-refractivity contribution in [2.45, 2.75) is 13.0 Å². The van der Waals surface area contributed by atoms with E-state index in [0.717, 1.165) is 22.2 Å². The summed E-state index contributed by atoms with van der Waals surface area (Å²) in [5.74, 6) is -2.72. The molecule has 4 nitrogen and oxygen atoms in total. The molecule has 0 bridgehead atoms. The van der Waals surface area contributed by atoms with Crippen molar-refractivity contribution in [3.63, 3.8) is 0 Å². The first-order valence-electron chi connectivity index (χ1n) is 7.70. The molecule has 0 saturated carbocycles. The van der Waals surface area contributed by atoms with E-state index < -0.39 is 36.2 Å². The fourth-order valence-corrected chi connectivity index (χ4v) is 2.40. The summed E-state index contributed by atoms with van der Waals surface area (Å²) in [5.41, 5.74) is 0.941. The van der Waals surface area contributed by atoms with Crippen molar-refractivity contribution >= 4 is 33.9 Å². The number of esters is 1. The van der Waals surface area contributed by atoms with Crippen molar-refractivity contribution in [1.82, 2.24) is 5.32 Å². The zero-order chi connectivity index (χ0) is 19.1. The molecule has 0 saturated heterocycles.